The van der Waals surface area contributed by atoms with E-state index in [1.165, 1.54) is 0 Å². The zero-order valence-corrected chi connectivity index (χ0v) is 17.8. The zero-order chi connectivity index (χ0) is 19.9. The lowest BCUT2D eigenvalue weighted by Gasteiger charge is -2.22. The van der Waals surface area contributed by atoms with Gasteiger partial charge in [0, 0.05) is 44.2 Å². The van der Waals surface area contributed by atoms with Crippen LogP contribution in [0.4, 0.5) is 4.79 Å². The van der Waals surface area contributed by atoms with Gasteiger partial charge in [-0.3, -0.25) is 4.90 Å². The Balaban J connectivity index is 1.44. The Morgan fingerprint density at radius 2 is 1.79 bits per heavy atom. The van der Waals surface area contributed by atoms with Crippen molar-refractivity contribution < 1.29 is 9.53 Å². The summed E-state index contributed by atoms with van der Waals surface area (Å²) in [6, 6.07) is 13.3. The number of hydrogen-bond donors (Lipinski definition) is 0. The van der Waals surface area contributed by atoms with Crippen molar-refractivity contribution in [1.82, 2.24) is 9.80 Å². The van der Waals surface area contributed by atoms with E-state index in [1.807, 2.05) is 42.5 Å². The van der Waals surface area contributed by atoms with Gasteiger partial charge in [-0.25, -0.2) is 4.79 Å². The van der Waals surface area contributed by atoms with E-state index < -0.39 is 0 Å². The third-order valence-corrected chi connectivity index (χ3v) is 5.72. The molecule has 0 unspecified atom stereocenters. The lowest BCUT2D eigenvalue weighted by molar-refractivity contribution is 0.104. The minimum atomic E-state index is -0.251. The number of ether oxygens (including phenoxy) is 1. The molecule has 1 fully saturated rings. The van der Waals surface area contributed by atoms with Crippen LogP contribution in [0.15, 0.2) is 42.5 Å². The summed E-state index contributed by atoms with van der Waals surface area (Å²) < 4.78 is 5.46. The largest absolute Gasteiger partial charge is 0.449 e. The van der Waals surface area contributed by atoms with Crippen molar-refractivity contribution in [2.75, 3.05) is 32.8 Å². The van der Waals surface area contributed by atoms with Crippen LogP contribution in [-0.4, -0.2) is 48.7 Å². The van der Waals surface area contributed by atoms with Gasteiger partial charge in [-0.05, 0) is 41.8 Å². The van der Waals surface area contributed by atoms with Gasteiger partial charge in [0.2, 0.25) is 0 Å². The van der Waals surface area contributed by atoms with Crippen molar-refractivity contribution in [3.63, 3.8) is 0 Å². The first-order valence-corrected chi connectivity index (χ1v) is 10.5. The highest BCUT2D eigenvalue weighted by Crippen LogP contribution is 2.23. The SMILES string of the molecule is O=C(OCCc1cccc(Cl)c1)N1CCCN(Cc2ccc(Cl)c(Cl)c2)CC1. The quantitative estimate of drug-likeness (QED) is 0.611. The van der Waals surface area contributed by atoms with Crippen molar-refractivity contribution in [3.8, 4) is 0 Å². The molecule has 2 aromatic rings. The van der Waals surface area contributed by atoms with Crippen molar-refractivity contribution in [3.05, 3.63) is 68.7 Å². The van der Waals surface area contributed by atoms with Crippen LogP contribution in [0.1, 0.15) is 17.5 Å². The Bertz CT molecular complexity index is 816. The zero-order valence-electron chi connectivity index (χ0n) is 15.5. The monoisotopic (exact) mass is 440 g/mol. The highest BCUT2D eigenvalue weighted by atomic mass is 35.5. The molecular formula is C21H23Cl3N2O2. The number of halogens is 3. The summed E-state index contributed by atoms with van der Waals surface area (Å²) >= 11 is 18.1. The maximum absolute atomic E-state index is 12.4. The minimum absolute atomic E-state index is 0.251. The number of carbonyl (C=O) groups excluding carboxylic acids is 1. The Hall–Kier alpha value is -1.46. The molecule has 1 amide bonds. The molecule has 28 heavy (non-hydrogen) atoms. The van der Waals surface area contributed by atoms with Gasteiger partial charge in [0.1, 0.15) is 0 Å². The van der Waals surface area contributed by atoms with Gasteiger partial charge in [-0.15, -0.1) is 0 Å². The van der Waals surface area contributed by atoms with Crippen LogP contribution in [-0.2, 0) is 17.7 Å². The average Bonchev–Trinajstić information content (AvgIpc) is 2.90. The van der Waals surface area contributed by atoms with Crippen LogP contribution < -0.4 is 0 Å². The molecule has 1 heterocycles. The van der Waals surface area contributed by atoms with E-state index in [0.717, 1.165) is 37.2 Å². The fourth-order valence-corrected chi connectivity index (χ4v) is 3.78. The van der Waals surface area contributed by atoms with Gasteiger partial charge in [0.15, 0.2) is 0 Å². The summed E-state index contributed by atoms with van der Waals surface area (Å²) in [5.74, 6) is 0. The minimum Gasteiger partial charge on any atom is -0.449 e. The molecular weight excluding hydrogens is 419 g/mol. The number of benzene rings is 2. The second-order valence-corrected chi connectivity index (χ2v) is 8.11. The fraction of sp³-hybridized carbons (Fsp3) is 0.381. The van der Waals surface area contributed by atoms with Crippen molar-refractivity contribution >= 4 is 40.9 Å². The van der Waals surface area contributed by atoms with E-state index in [1.54, 1.807) is 4.90 Å². The number of hydrogen-bond acceptors (Lipinski definition) is 3. The lowest BCUT2D eigenvalue weighted by Crippen LogP contribution is -2.35. The first kappa shape index (κ1) is 21.3. The Morgan fingerprint density at radius 1 is 0.929 bits per heavy atom. The topological polar surface area (TPSA) is 32.8 Å². The van der Waals surface area contributed by atoms with E-state index in [-0.39, 0.29) is 6.09 Å². The van der Waals surface area contributed by atoms with Crippen LogP contribution in [0.5, 0.6) is 0 Å². The van der Waals surface area contributed by atoms with Crippen molar-refractivity contribution in [2.45, 2.75) is 19.4 Å². The molecule has 7 heteroatoms. The highest BCUT2D eigenvalue weighted by Gasteiger charge is 2.20. The summed E-state index contributed by atoms with van der Waals surface area (Å²) in [7, 11) is 0. The molecule has 1 saturated heterocycles. The molecule has 0 aliphatic carbocycles. The van der Waals surface area contributed by atoms with E-state index in [4.69, 9.17) is 39.5 Å². The van der Waals surface area contributed by atoms with E-state index in [0.29, 0.717) is 41.2 Å². The molecule has 0 aromatic heterocycles. The Labute approximate surface area is 180 Å². The molecule has 150 valence electrons. The summed E-state index contributed by atoms with van der Waals surface area (Å²) in [6.07, 6.45) is 1.31. The molecule has 3 rings (SSSR count). The summed E-state index contributed by atoms with van der Waals surface area (Å²) in [5, 5.41) is 1.82. The molecule has 0 N–H and O–H groups in total. The summed E-state index contributed by atoms with van der Waals surface area (Å²) in [4.78, 5) is 16.5. The van der Waals surface area contributed by atoms with Gasteiger partial charge in [-0.2, -0.15) is 0 Å². The standard InChI is InChI=1S/C21H23Cl3N2O2/c22-18-4-1-3-16(13-18)7-12-28-21(27)26-9-2-8-25(10-11-26)15-17-5-6-19(23)20(24)14-17/h1,3-6,13-14H,2,7-12,15H2. The Morgan fingerprint density at radius 3 is 2.57 bits per heavy atom. The molecule has 0 spiro atoms. The number of amides is 1. The normalized spacial score (nSPS) is 15.3. The summed E-state index contributed by atoms with van der Waals surface area (Å²) in [6.45, 7) is 4.21. The smallest absolute Gasteiger partial charge is 0.409 e. The van der Waals surface area contributed by atoms with Crippen LogP contribution >= 0.6 is 34.8 Å². The maximum Gasteiger partial charge on any atom is 0.409 e. The number of rotatable bonds is 5. The third kappa shape index (κ3) is 6.28. The Kier molecular flexibility index (Phi) is 7.86. The van der Waals surface area contributed by atoms with Crippen LogP contribution in [0.2, 0.25) is 15.1 Å². The lowest BCUT2D eigenvalue weighted by atomic mass is 10.2. The molecule has 0 saturated carbocycles. The molecule has 0 radical (unpaired) electrons. The highest BCUT2D eigenvalue weighted by molar-refractivity contribution is 6.42. The van der Waals surface area contributed by atoms with E-state index in [9.17, 15) is 4.79 Å². The van der Waals surface area contributed by atoms with E-state index >= 15 is 0 Å². The van der Waals surface area contributed by atoms with Gasteiger partial charge in [0.05, 0.1) is 16.7 Å². The van der Waals surface area contributed by atoms with E-state index in [2.05, 4.69) is 4.90 Å². The third-order valence-electron chi connectivity index (χ3n) is 4.74. The molecule has 1 aliphatic rings. The molecule has 4 nitrogen and oxygen atoms in total. The van der Waals surface area contributed by atoms with Crippen LogP contribution in [0.25, 0.3) is 0 Å². The average molecular weight is 442 g/mol. The van der Waals surface area contributed by atoms with Gasteiger partial charge in [0.25, 0.3) is 0 Å². The van der Waals surface area contributed by atoms with Crippen molar-refractivity contribution in [2.24, 2.45) is 0 Å². The van der Waals surface area contributed by atoms with Gasteiger partial charge >= 0.3 is 6.09 Å². The number of nitrogens with zero attached hydrogens (tertiary/aromatic N) is 2. The van der Waals surface area contributed by atoms with Crippen LogP contribution in [0, 0.1) is 0 Å². The maximum atomic E-state index is 12.4. The first-order valence-electron chi connectivity index (χ1n) is 9.34. The van der Waals surface area contributed by atoms with Gasteiger partial charge in [-0.1, -0.05) is 53.0 Å². The second kappa shape index (κ2) is 10.4. The number of carbonyl (C=O) groups is 1. The second-order valence-electron chi connectivity index (χ2n) is 6.86. The van der Waals surface area contributed by atoms with Crippen molar-refractivity contribution in [1.29, 1.82) is 0 Å². The molecule has 0 atom stereocenters. The van der Waals surface area contributed by atoms with Crippen LogP contribution in [0.3, 0.4) is 0 Å². The first-order chi connectivity index (χ1) is 13.5. The fourth-order valence-electron chi connectivity index (χ4n) is 3.25. The molecule has 2 aromatic carbocycles. The predicted molar refractivity (Wildman–Crippen MR) is 114 cm³/mol. The summed E-state index contributed by atoms with van der Waals surface area (Å²) in [5.41, 5.74) is 2.18. The predicted octanol–water partition coefficient (Wildman–Crippen LogP) is 5.53. The molecule has 0 bridgehead atoms. The molecule has 1 aliphatic heterocycles. The van der Waals surface area contributed by atoms with Gasteiger partial charge < -0.3 is 9.64 Å².